The van der Waals surface area contributed by atoms with Gasteiger partial charge in [0.25, 0.3) is 0 Å². The van der Waals surface area contributed by atoms with E-state index < -0.39 is 0 Å². The lowest BCUT2D eigenvalue weighted by Crippen LogP contribution is -2.28. The second-order valence-corrected chi connectivity index (χ2v) is 6.12. The number of aryl methyl sites for hydroxylation is 2. The van der Waals surface area contributed by atoms with Crippen LogP contribution in [-0.2, 0) is 23.2 Å². The molecule has 0 unspecified atom stereocenters. The molecule has 2 aromatic heterocycles. The Morgan fingerprint density at radius 3 is 2.83 bits per heavy atom. The van der Waals surface area contributed by atoms with Gasteiger partial charge in [0.2, 0.25) is 11.8 Å². The molecular formula is C14H19N5O3S. The maximum atomic E-state index is 12.0. The van der Waals surface area contributed by atoms with Crippen molar-refractivity contribution in [3.63, 3.8) is 0 Å². The Morgan fingerprint density at radius 1 is 1.43 bits per heavy atom. The van der Waals surface area contributed by atoms with Gasteiger partial charge in [0.15, 0.2) is 5.82 Å². The number of anilines is 1. The van der Waals surface area contributed by atoms with Gasteiger partial charge in [-0.15, -0.1) is 11.8 Å². The van der Waals surface area contributed by atoms with Crippen molar-refractivity contribution in [1.29, 1.82) is 0 Å². The molecule has 0 fully saturated rings. The molecule has 2 heterocycles. The van der Waals surface area contributed by atoms with Crippen LogP contribution >= 0.6 is 11.8 Å². The van der Waals surface area contributed by atoms with Crippen LogP contribution in [0.15, 0.2) is 23.0 Å². The maximum absolute atomic E-state index is 12.0. The molecule has 23 heavy (non-hydrogen) atoms. The first-order valence-corrected chi connectivity index (χ1v) is 8.12. The van der Waals surface area contributed by atoms with Crippen molar-refractivity contribution < 1.29 is 14.1 Å². The second-order valence-electron chi connectivity index (χ2n) is 5.14. The van der Waals surface area contributed by atoms with Crippen LogP contribution in [0.2, 0.25) is 0 Å². The first-order chi connectivity index (χ1) is 10.9. The standard InChI is InChI=1S/C14H19N5O3S/c1-10-4-12(17-22-10)16-13(20)8-23-9-14(21)18(2)6-11-5-15-19(3)7-11/h4-5,7H,6,8-9H2,1-3H3,(H,16,17,20). The summed E-state index contributed by atoms with van der Waals surface area (Å²) >= 11 is 1.26. The quantitative estimate of drug-likeness (QED) is 0.811. The van der Waals surface area contributed by atoms with Crippen molar-refractivity contribution in [2.75, 3.05) is 23.9 Å². The van der Waals surface area contributed by atoms with Crippen molar-refractivity contribution >= 4 is 29.4 Å². The molecule has 2 rings (SSSR count). The van der Waals surface area contributed by atoms with Crippen molar-refractivity contribution in [2.24, 2.45) is 7.05 Å². The highest BCUT2D eigenvalue weighted by atomic mass is 32.2. The van der Waals surface area contributed by atoms with E-state index in [4.69, 9.17) is 4.52 Å². The molecule has 0 aromatic carbocycles. The molecule has 0 saturated heterocycles. The topological polar surface area (TPSA) is 93.3 Å². The maximum Gasteiger partial charge on any atom is 0.235 e. The summed E-state index contributed by atoms with van der Waals surface area (Å²) in [4.78, 5) is 25.3. The van der Waals surface area contributed by atoms with Gasteiger partial charge >= 0.3 is 0 Å². The van der Waals surface area contributed by atoms with Crippen LogP contribution in [0.25, 0.3) is 0 Å². The van der Waals surface area contributed by atoms with E-state index in [0.29, 0.717) is 18.1 Å². The average Bonchev–Trinajstić information content (AvgIpc) is 3.07. The van der Waals surface area contributed by atoms with Gasteiger partial charge in [-0.2, -0.15) is 5.10 Å². The number of nitrogens with zero attached hydrogens (tertiary/aromatic N) is 4. The monoisotopic (exact) mass is 337 g/mol. The minimum Gasteiger partial charge on any atom is -0.360 e. The smallest absolute Gasteiger partial charge is 0.235 e. The number of amides is 2. The number of carbonyl (C=O) groups is 2. The molecule has 2 amide bonds. The van der Waals surface area contributed by atoms with Gasteiger partial charge < -0.3 is 14.7 Å². The summed E-state index contributed by atoms with van der Waals surface area (Å²) in [5.74, 6) is 1.17. The molecule has 124 valence electrons. The summed E-state index contributed by atoms with van der Waals surface area (Å²) in [6.45, 7) is 2.24. The molecule has 0 radical (unpaired) electrons. The Kier molecular flexibility index (Phi) is 5.80. The lowest BCUT2D eigenvalue weighted by Gasteiger charge is -2.15. The number of thioether (sulfide) groups is 1. The summed E-state index contributed by atoms with van der Waals surface area (Å²) in [5, 5.41) is 10.3. The third-order valence-corrected chi connectivity index (χ3v) is 3.88. The van der Waals surface area contributed by atoms with Crippen LogP contribution in [0.4, 0.5) is 5.82 Å². The summed E-state index contributed by atoms with van der Waals surface area (Å²) in [6, 6.07) is 1.63. The second kappa shape index (κ2) is 7.82. The largest absolute Gasteiger partial charge is 0.360 e. The van der Waals surface area contributed by atoms with E-state index in [1.54, 1.807) is 35.8 Å². The summed E-state index contributed by atoms with van der Waals surface area (Å²) in [6.07, 6.45) is 3.59. The van der Waals surface area contributed by atoms with E-state index in [-0.39, 0.29) is 23.3 Å². The van der Waals surface area contributed by atoms with Gasteiger partial charge in [-0.1, -0.05) is 5.16 Å². The van der Waals surface area contributed by atoms with Crippen molar-refractivity contribution in [1.82, 2.24) is 19.8 Å². The Hall–Kier alpha value is -2.29. The molecule has 2 aromatic rings. The lowest BCUT2D eigenvalue weighted by molar-refractivity contribution is -0.127. The third-order valence-electron chi connectivity index (χ3n) is 2.96. The number of hydrogen-bond donors (Lipinski definition) is 1. The molecule has 8 nitrogen and oxygen atoms in total. The van der Waals surface area contributed by atoms with Gasteiger partial charge in [0, 0.05) is 38.5 Å². The van der Waals surface area contributed by atoms with Crippen molar-refractivity contribution in [2.45, 2.75) is 13.5 Å². The zero-order chi connectivity index (χ0) is 16.8. The first-order valence-electron chi connectivity index (χ1n) is 6.96. The third kappa shape index (κ3) is 5.44. The number of rotatable bonds is 7. The Bertz CT molecular complexity index is 682. The van der Waals surface area contributed by atoms with Gasteiger partial charge in [0.05, 0.1) is 17.7 Å². The molecular weight excluding hydrogens is 318 g/mol. The Morgan fingerprint density at radius 2 is 2.22 bits per heavy atom. The molecule has 9 heteroatoms. The van der Waals surface area contributed by atoms with Gasteiger partial charge in [-0.05, 0) is 6.92 Å². The number of carbonyl (C=O) groups excluding carboxylic acids is 2. The number of aromatic nitrogens is 3. The highest BCUT2D eigenvalue weighted by Crippen LogP contribution is 2.09. The van der Waals surface area contributed by atoms with E-state index in [1.165, 1.54) is 11.8 Å². The van der Waals surface area contributed by atoms with E-state index >= 15 is 0 Å². The number of hydrogen-bond acceptors (Lipinski definition) is 6. The molecule has 0 aliphatic rings. The van der Waals surface area contributed by atoms with E-state index in [2.05, 4.69) is 15.6 Å². The predicted molar refractivity (Wildman–Crippen MR) is 86.9 cm³/mol. The molecule has 0 aliphatic carbocycles. The van der Waals surface area contributed by atoms with Crippen LogP contribution < -0.4 is 5.32 Å². The van der Waals surface area contributed by atoms with E-state index in [1.807, 2.05) is 13.2 Å². The molecule has 0 spiro atoms. The van der Waals surface area contributed by atoms with Crippen molar-refractivity contribution in [3.8, 4) is 0 Å². The van der Waals surface area contributed by atoms with Crippen LogP contribution in [0.1, 0.15) is 11.3 Å². The fraction of sp³-hybridized carbons (Fsp3) is 0.429. The van der Waals surface area contributed by atoms with Crippen LogP contribution in [-0.4, -0.2) is 50.2 Å². The highest BCUT2D eigenvalue weighted by Gasteiger charge is 2.12. The fourth-order valence-electron chi connectivity index (χ4n) is 1.86. The Balaban J connectivity index is 1.68. The van der Waals surface area contributed by atoms with Crippen LogP contribution in [0.3, 0.4) is 0 Å². The highest BCUT2D eigenvalue weighted by molar-refractivity contribution is 8.00. The zero-order valence-electron chi connectivity index (χ0n) is 13.3. The fourth-order valence-corrected chi connectivity index (χ4v) is 2.62. The molecule has 0 saturated carbocycles. The first kappa shape index (κ1) is 17.1. The Labute approximate surface area is 138 Å². The van der Waals surface area contributed by atoms with Crippen LogP contribution in [0, 0.1) is 6.92 Å². The minimum absolute atomic E-state index is 0.0380. The van der Waals surface area contributed by atoms with Gasteiger partial charge in [-0.3, -0.25) is 14.3 Å². The molecule has 0 atom stereocenters. The summed E-state index contributed by atoms with van der Waals surface area (Å²) in [5.41, 5.74) is 0.965. The summed E-state index contributed by atoms with van der Waals surface area (Å²) in [7, 11) is 3.56. The minimum atomic E-state index is -0.217. The molecule has 1 N–H and O–H groups in total. The average molecular weight is 337 g/mol. The van der Waals surface area contributed by atoms with Crippen molar-refractivity contribution in [3.05, 3.63) is 29.8 Å². The molecule has 0 aliphatic heterocycles. The van der Waals surface area contributed by atoms with Gasteiger partial charge in [-0.25, -0.2) is 0 Å². The zero-order valence-corrected chi connectivity index (χ0v) is 14.1. The lowest BCUT2D eigenvalue weighted by atomic mass is 10.3. The van der Waals surface area contributed by atoms with E-state index in [9.17, 15) is 9.59 Å². The SMILES string of the molecule is Cc1cc(NC(=O)CSCC(=O)N(C)Cc2cnn(C)c2)no1. The normalized spacial score (nSPS) is 10.6. The molecule has 0 bridgehead atoms. The van der Waals surface area contributed by atoms with Gasteiger partial charge in [0.1, 0.15) is 5.76 Å². The number of nitrogens with one attached hydrogen (secondary N) is 1. The van der Waals surface area contributed by atoms with Crippen LogP contribution in [0.5, 0.6) is 0 Å². The predicted octanol–water partition coefficient (Wildman–Crippen LogP) is 1.05. The summed E-state index contributed by atoms with van der Waals surface area (Å²) < 4.78 is 6.55. The van der Waals surface area contributed by atoms with E-state index in [0.717, 1.165) is 5.56 Å².